The zero-order valence-electron chi connectivity index (χ0n) is 17.4. The van der Waals surface area contributed by atoms with E-state index >= 15 is 0 Å². The molecule has 3 heterocycles. The number of hydrogen-bond donors (Lipinski definition) is 0. The predicted octanol–water partition coefficient (Wildman–Crippen LogP) is 4.67. The molecular formula is C23H23F3N4O. The predicted molar refractivity (Wildman–Crippen MR) is 111 cm³/mol. The first-order valence-corrected chi connectivity index (χ1v) is 10.2. The number of aryl methyl sites for hydroxylation is 1. The molecule has 4 rings (SSSR count). The minimum Gasteiger partial charge on any atom is -0.487 e. The van der Waals surface area contributed by atoms with Crippen molar-refractivity contribution in [3.63, 3.8) is 0 Å². The van der Waals surface area contributed by atoms with Crippen molar-refractivity contribution in [1.29, 1.82) is 0 Å². The summed E-state index contributed by atoms with van der Waals surface area (Å²) in [5, 5.41) is 0. The highest BCUT2D eigenvalue weighted by molar-refractivity contribution is 5.64. The van der Waals surface area contributed by atoms with E-state index < -0.39 is 23.2 Å². The molecule has 2 unspecified atom stereocenters. The number of anilines is 1. The van der Waals surface area contributed by atoms with Crippen LogP contribution in [0.3, 0.4) is 0 Å². The highest BCUT2D eigenvalue weighted by Crippen LogP contribution is 2.32. The largest absolute Gasteiger partial charge is 0.487 e. The molecule has 1 aromatic carbocycles. The first kappa shape index (κ1) is 21.1. The average molecular weight is 428 g/mol. The van der Waals surface area contributed by atoms with Crippen molar-refractivity contribution in [2.24, 2.45) is 11.8 Å². The zero-order chi connectivity index (χ0) is 22.0. The molecule has 1 saturated heterocycles. The van der Waals surface area contributed by atoms with Gasteiger partial charge < -0.3 is 9.64 Å². The van der Waals surface area contributed by atoms with Crippen LogP contribution in [-0.4, -0.2) is 34.6 Å². The summed E-state index contributed by atoms with van der Waals surface area (Å²) in [4.78, 5) is 14.5. The summed E-state index contributed by atoms with van der Waals surface area (Å²) in [5.74, 6) is -1.89. The van der Waals surface area contributed by atoms with Crippen molar-refractivity contribution in [2.75, 3.05) is 24.6 Å². The van der Waals surface area contributed by atoms with Gasteiger partial charge >= 0.3 is 0 Å². The van der Waals surface area contributed by atoms with Gasteiger partial charge in [0, 0.05) is 43.2 Å². The monoisotopic (exact) mass is 428 g/mol. The number of pyridine rings is 1. The van der Waals surface area contributed by atoms with Crippen LogP contribution in [-0.2, 0) is 6.42 Å². The molecule has 1 aliphatic rings. The van der Waals surface area contributed by atoms with E-state index in [2.05, 4.69) is 26.8 Å². The molecule has 0 amide bonds. The van der Waals surface area contributed by atoms with Crippen LogP contribution >= 0.6 is 0 Å². The van der Waals surface area contributed by atoms with Gasteiger partial charge in [-0.05, 0) is 41.7 Å². The number of hydrogen-bond acceptors (Lipinski definition) is 5. The van der Waals surface area contributed by atoms with E-state index in [4.69, 9.17) is 4.74 Å². The summed E-state index contributed by atoms with van der Waals surface area (Å²) in [5.41, 5.74) is 1.24. The molecule has 1 aliphatic heterocycles. The molecule has 0 saturated carbocycles. The van der Waals surface area contributed by atoms with Gasteiger partial charge in [-0.25, -0.2) is 23.1 Å². The smallest absolute Gasteiger partial charge is 0.225 e. The van der Waals surface area contributed by atoms with Gasteiger partial charge in [0.15, 0.2) is 17.4 Å². The number of nitrogens with zero attached hydrogens (tertiary/aromatic N) is 4. The molecule has 3 aromatic rings. The average Bonchev–Trinajstić information content (AvgIpc) is 3.14. The number of benzene rings is 1. The fraction of sp³-hybridized carbons (Fsp3) is 0.348. The second-order valence-electron chi connectivity index (χ2n) is 7.82. The summed E-state index contributed by atoms with van der Waals surface area (Å²) in [7, 11) is 0. The summed E-state index contributed by atoms with van der Waals surface area (Å²) >= 11 is 0. The van der Waals surface area contributed by atoms with E-state index in [1.54, 1.807) is 0 Å². The number of rotatable bonds is 6. The van der Waals surface area contributed by atoms with Crippen LogP contribution in [0.25, 0.3) is 11.1 Å². The van der Waals surface area contributed by atoms with Gasteiger partial charge in [-0.2, -0.15) is 0 Å². The Labute approximate surface area is 178 Å². The van der Waals surface area contributed by atoms with E-state index in [9.17, 15) is 13.2 Å². The van der Waals surface area contributed by atoms with Crippen molar-refractivity contribution >= 4 is 5.95 Å². The summed E-state index contributed by atoms with van der Waals surface area (Å²) in [6.45, 7) is 5.64. The molecule has 0 spiro atoms. The Hall–Kier alpha value is -3.16. The SMILES string of the molecule is CCc1cnc(N2CC(C)C(COc3c(F)cc(-c4ccncc4F)cc3F)C2)nc1. The van der Waals surface area contributed by atoms with Gasteiger partial charge in [-0.15, -0.1) is 0 Å². The van der Waals surface area contributed by atoms with E-state index in [0.29, 0.717) is 12.5 Å². The molecule has 0 radical (unpaired) electrons. The first-order chi connectivity index (χ1) is 15.0. The molecule has 0 bridgehead atoms. The lowest BCUT2D eigenvalue weighted by molar-refractivity contribution is 0.216. The normalized spacial score (nSPS) is 18.4. The van der Waals surface area contributed by atoms with Gasteiger partial charge in [0.25, 0.3) is 0 Å². The lowest BCUT2D eigenvalue weighted by Crippen LogP contribution is -2.24. The maximum Gasteiger partial charge on any atom is 0.225 e. The third-order valence-corrected chi connectivity index (χ3v) is 5.67. The fourth-order valence-electron chi connectivity index (χ4n) is 3.76. The van der Waals surface area contributed by atoms with Crippen LogP contribution in [0.1, 0.15) is 19.4 Å². The van der Waals surface area contributed by atoms with E-state index in [1.807, 2.05) is 19.3 Å². The van der Waals surface area contributed by atoms with E-state index in [0.717, 1.165) is 36.9 Å². The highest BCUT2D eigenvalue weighted by Gasteiger charge is 2.32. The van der Waals surface area contributed by atoms with Crippen molar-refractivity contribution in [3.05, 3.63) is 66.0 Å². The van der Waals surface area contributed by atoms with Gasteiger partial charge in [-0.1, -0.05) is 13.8 Å². The lowest BCUT2D eigenvalue weighted by atomic mass is 9.99. The Morgan fingerprint density at radius 2 is 1.74 bits per heavy atom. The van der Waals surface area contributed by atoms with Gasteiger partial charge in [0.1, 0.15) is 5.82 Å². The van der Waals surface area contributed by atoms with Crippen molar-refractivity contribution in [1.82, 2.24) is 15.0 Å². The molecule has 2 aromatic heterocycles. The Morgan fingerprint density at radius 1 is 1.03 bits per heavy atom. The third kappa shape index (κ3) is 4.47. The fourth-order valence-corrected chi connectivity index (χ4v) is 3.76. The summed E-state index contributed by atoms with van der Waals surface area (Å²) < 4.78 is 48.6. The second kappa shape index (κ2) is 8.91. The van der Waals surface area contributed by atoms with Crippen LogP contribution < -0.4 is 9.64 Å². The Bertz CT molecular complexity index is 1040. The lowest BCUT2D eigenvalue weighted by Gasteiger charge is -2.17. The molecule has 31 heavy (non-hydrogen) atoms. The molecule has 162 valence electrons. The van der Waals surface area contributed by atoms with Crippen LogP contribution in [0.15, 0.2) is 43.0 Å². The van der Waals surface area contributed by atoms with Gasteiger partial charge in [0.2, 0.25) is 5.95 Å². The quantitative estimate of drug-likeness (QED) is 0.571. The molecular weight excluding hydrogens is 405 g/mol. The second-order valence-corrected chi connectivity index (χ2v) is 7.82. The Kier molecular flexibility index (Phi) is 6.06. The van der Waals surface area contributed by atoms with E-state index in [1.165, 1.54) is 12.3 Å². The summed E-state index contributed by atoms with van der Waals surface area (Å²) in [6.07, 6.45) is 6.87. The van der Waals surface area contributed by atoms with Crippen LogP contribution in [0.2, 0.25) is 0 Å². The van der Waals surface area contributed by atoms with Crippen molar-refractivity contribution < 1.29 is 17.9 Å². The topological polar surface area (TPSA) is 51.1 Å². The maximum atomic E-state index is 14.6. The molecule has 8 heteroatoms. The molecule has 5 nitrogen and oxygen atoms in total. The van der Waals surface area contributed by atoms with Crippen molar-refractivity contribution in [3.8, 4) is 16.9 Å². The van der Waals surface area contributed by atoms with Gasteiger partial charge in [-0.3, -0.25) is 4.98 Å². The molecule has 2 atom stereocenters. The highest BCUT2D eigenvalue weighted by atomic mass is 19.1. The zero-order valence-corrected chi connectivity index (χ0v) is 17.4. The van der Waals surface area contributed by atoms with E-state index in [-0.39, 0.29) is 29.6 Å². The number of halogens is 3. The maximum absolute atomic E-state index is 14.6. The molecule has 1 fully saturated rings. The Morgan fingerprint density at radius 3 is 2.39 bits per heavy atom. The Balaban J connectivity index is 1.44. The van der Waals surface area contributed by atoms with Crippen LogP contribution in [0.5, 0.6) is 5.75 Å². The number of ether oxygens (including phenoxy) is 1. The number of aromatic nitrogens is 3. The standard InChI is InChI=1S/C23H23F3N4O/c1-3-15-8-28-23(29-9-15)30-11-14(2)17(12-30)13-31-22-19(24)6-16(7-20(22)25)18-4-5-27-10-21(18)26/h4-10,14,17H,3,11-13H2,1-2H3. The third-order valence-electron chi connectivity index (χ3n) is 5.67. The van der Waals surface area contributed by atoms with Crippen molar-refractivity contribution in [2.45, 2.75) is 20.3 Å². The summed E-state index contributed by atoms with van der Waals surface area (Å²) in [6, 6.07) is 3.52. The molecule has 0 N–H and O–H groups in total. The minimum absolute atomic E-state index is 0.0607. The first-order valence-electron chi connectivity index (χ1n) is 10.2. The minimum atomic E-state index is -0.868. The van der Waals surface area contributed by atoms with Crippen LogP contribution in [0.4, 0.5) is 19.1 Å². The van der Waals surface area contributed by atoms with Crippen LogP contribution in [0, 0.1) is 29.3 Å². The van der Waals surface area contributed by atoms with Gasteiger partial charge in [0.05, 0.1) is 12.8 Å². The molecule has 0 aliphatic carbocycles.